The third-order valence-electron chi connectivity index (χ3n) is 10.8. The monoisotopic (exact) mass is 856 g/mol. The molecule has 2 aromatic heterocycles. The zero-order valence-corrected chi connectivity index (χ0v) is 32.1. The van der Waals surface area contributed by atoms with Crippen LogP contribution in [0.15, 0.2) is 88.3 Å². The van der Waals surface area contributed by atoms with Gasteiger partial charge in [0.2, 0.25) is 0 Å². The van der Waals surface area contributed by atoms with Gasteiger partial charge < -0.3 is 20.0 Å². The summed E-state index contributed by atoms with van der Waals surface area (Å²) in [6, 6.07) is 17.0. The normalized spacial score (nSPS) is 17.9. The van der Waals surface area contributed by atoms with E-state index >= 15 is 0 Å². The number of hydrogen-bond acceptors (Lipinski definition) is 6. The van der Waals surface area contributed by atoms with Crippen LogP contribution in [0, 0.1) is 5.41 Å². The maximum absolute atomic E-state index is 14.4. The number of hydrogen-bond donors (Lipinski definition) is 1. The topological polar surface area (TPSA) is 101 Å². The number of anilines is 1. The Balaban J connectivity index is 1.13. The number of aromatic nitrogens is 4. The molecule has 2 amide bonds. The van der Waals surface area contributed by atoms with Crippen molar-refractivity contribution in [1.29, 1.82) is 0 Å². The van der Waals surface area contributed by atoms with Crippen LogP contribution in [0.2, 0.25) is 0 Å². The van der Waals surface area contributed by atoms with Gasteiger partial charge in [-0.05, 0) is 74.1 Å². The number of para-hydroxylation sites is 1. The highest BCUT2D eigenvalue weighted by atomic mass is 79.9. The molecule has 0 aliphatic carbocycles. The number of likely N-dealkylation sites (tertiary alicyclic amines) is 1. The Hall–Kier alpha value is -5.36. The number of alkyl halides is 6. The van der Waals surface area contributed by atoms with Gasteiger partial charge in [-0.3, -0.25) is 18.7 Å². The number of carbonyl (C=O) groups is 2. The van der Waals surface area contributed by atoms with Crippen LogP contribution in [0.25, 0.3) is 11.4 Å². The Morgan fingerprint density at radius 2 is 1.60 bits per heavy atom. The number of amides is 2. The van der Waals surface area contributed by atoms with Crippen LogP contribution in [-0.4, -0.2) is 79.8 Å². The van der Waals surface area contributed by atoms with Crippen molar-refractivity contribution in [1.82, 2.24) is 34.0 Å². The maximum Gasteiger partial charge on any atom is 0.435 e. The molecule has 2 saturated heterocycles. The summed E-state index contributed by atoms with van der Waals surface area (Å²) < 4.78 is 84.9. The molecule has 0 bridgehead atoms. The molecule has 3 aliphatic rings. The third-order valence-corrected chi connectivity index (χ3v) is 11.5. The molecule has 8 rings (SSSR count). The summed E-state index contributed by atoms with van der Waals surface area (Å²) in [4.78, 5) is 48.3. The van der Waals surface area contributed by atoms with E-state index in [0.29, 0.717) is 11.3 Å². The highest BCUT2D eigenvalue weighted by molar-refractivity contribution is 9.10. The summed E-state index contributed by atoms with van der Waals surface area (Å²) in [5, 5.41) is 6.47. The lowest BCUT2D eigenvalue weighted by atomic mass is 9.73. The second kappa shape index (κ2) is 13.9. The van der Waals surface area contributed by atoms with Gasteiger partial charge in [0.25, 0.3) is 11.8 Å². The second-order valence-electron chi connectivity index (χ2n) is 15.0. The summed E-state index contributed by atoms with van der Waals surface area (Å²) in [6.45, 7) is 4.99. The Labute approximate surface area is 330 Å². The van der Waals surface area contributed by atoms with Gasteiger partial charge in [0, 0.05) is 72.6 Å². The van der Waals surface area contributed by atoms with Crippen molar-refractivity contribution in [2.24, 2.45) is 5.41 Å². The van der Waals surface area contributed by atoms with Gasteiger partial charge in [-0.1, -0.05) is 34.1 Å². The predicted octanol–water partition coefficient (Wildman–Crippen LogP) is 6.35. The van der Waals surface area contributed by atoms with Gasteiger partial charge in [0.15, 0.2) is 5.69 Å². The van der Waals surface area contributed by atoms with E-state index < -0.39 is 47.2 Å². The van der Waals surface area contributed by atoms with Crippen LogP contribution in [0.4, 0.5) is 32.0 Å². The van der Waals surface area contributed by atoms with Crippen LogP contribution in [0.1, 0.15) is 50.3 Å². The third kappa shape index (κ3) is 7.02. The van der Waals surface area contributed by atoms with Gasteiger partial charge in [-0.15, -0.1) is 0 Å². The lowest BCUT2D eigenvalue weighted by Crippen LogP contribution is -2.71. The first-order valence-electron chi connectivity index (χ1n) is 18.0. The van der Waals surface area contributed by atoms with Gasteiger partial charge in [-0.25, -0.2) is 9.48 Å². The number of nitrogens with one attached hydrogen (secondary N) is 1. The molecule has 1 atom stereocenters. The molecule has 0 saturated carbocycles. The van der Waals surface area contributed by atoms with Crippen molar-refractivity contribution in [3.05, 3.63) is 128 Å². The Morgan fingerprint density at radius 1 is 0.912 bits per heavy atom. The molecule has 5 heterocycles. The van der Waals surface area contributed by atoms with E-state index in [1.54, 1.807) is 43.3 Å². The lowest BCUT2D eigenvalue weighted by Gasteiger charge is -2.60. The lowest BCUT2D eigenvalue weighted by molar-refractivity contribution is -0.141. The molecule has 11 nitrogen and oxygen atoms in total. The fourth-order valence-electron chi connectivity index (χ4n) is 8.21. The van der Waals surface area contributed by atoms with Gasteiger partial charge >= 0.3 is 18.0 Å². The first kappa shape index (κ1) is 38.5. The summed E-state index contributed by atoms with van der Waals surface area (Å²) in [7, 11) is 2.08. The first-order chi connectivity index (χ1) is 26.9. The van der Waals surface area contributed by atoms with E-state index in [9.17, 15) is 40.7 Å². The SMILES string of the molecule is C[C@@H]1Cn2c(c(C(=O)NCc3ccccc3-n3ccc(C(F)(F)F)n3)n(-c3ccc(N4CC5(CN(C)C5)C4)cc3)c2=O)CN1C(=O)c1ccc(Br)c(C(F)(F)F)c1. The van der Waals surface area contributed by atoms with E-state index in [-0.39, 0.29) is 52.2 Å². The number of imidazole rings is 1. The van der Waals surface area contributed by atoms with Gasteiger partial charge in [0.05, 0.1) is 29.2 Å². The minimum atomic E-state index is -4.73. The zero-order valence-electron chi connectivity index (χ0n) is 30.5. The van der Waals surface area contributed by atoms with E-state index in [1.165, 1.54) is 20.1 Å². The fourth-order valence-corrected chi connectivity index (χ4v) is 8.68. The van der Waals surface area contributed by atoms with Crippen molar-refractivity contribution in [3.63, 3.8) is 0 Å². The molecule has 5 aromatic rings. The van der Waals surface area contributed by atoms with Gasteiger partial charge in [0.1, 0.15) is 5.69 Å². The van der Waals surface area contributed by atoms with Crippen molar-refractivity contribution in [3.8, 4) is 11.4 Å². The Morgan fingerprint density at radius 3 is 2.25 bits per heavy atom. The summed E-state index contributed by atoms with van der Waals surface area (Å²) in [6.07, 6.45) is -8.24. The van der Waals surface area contributed by atoms with Crippen molar-refractivity contribution in [2.75, 3.05) is 38.1 Å². The van der Waals surface area contributed by atoms with Crippen LogP contribution < -0.4 is 15.9 Å². The molecule has 3 aromatic carbocycles. The van der Waals surface area contributed by atoms with Crippen LogP contribution in [0.5, 0.6) is 0 Å². The first-order valence-corrected chi connectivity index (χ1v) is 18.8. The molecule has 2 fully saturated rings. The number of carbonyl (C=O) groups excluding carboxylic acids is 2. The molecule has 1 N–H and O–H groups in total. The van der Waals surface area contributed by atoms with E-state index in [2.05, 4.69) is 43.2 Å². The average molecular weight is 858 g/mol. The highest BCUT2D eigenvalue weighted by Gasteiger charge is 2.50. The number of nitrogens with zero attached hydrogens (tertiary/aromatic N) is 7. The number of fused-ring (bicyclic) bond motifs is 1. The standard InChI is InChI=1S/C39H35BrF6N8O3/c1-23-17-52-31(18-51(23)35(56)24-7-12-29(40)28(15-24)38(41,42)43)33(34(55)47-16-25-5-3-4-6-30(25)53-14-13-32(48-53)39(44,45)46)54(36(52)57)27-10-8-26(9-11-27)50-21-37(22-50)19-49(2)20-37/h3-15,23H,16-22H2,1-2H3,(H,47,55)/t23-/m1/s1. The zero-order chi connectivity index (χ0) is 40.6. The highest BCUT2D eigenvalue weighted by Crippen LogP contribution is 2.41. The van der Waals surface area contributed by atoms with E-state index in [4.69, 9.17) is 0 Å². The van der Waals surface area contributed by atoms with Crippen LogP contribution in [0.3, 0.4) is 0 Å². The number of benzene rings is 3. The van der Waals surface area contributed by atoms with Crippen molar-refractivity contribution in [2.45, 2.75) is 45.0 Å². The molecule has 0 radical (unpaired) electrons. The van der Waals surface area contributed by atoms with Crippen molar-refractivity contribution >= 4 is 33.4 Å². The predicted molar refractivity (Wildman–Crippen MR) is 200 cm³/mol. The maximum atomic E-state index is 14.4. The number of rotatable bonds is 7. The summed E-state index contributed by atoms with van der Waals surface area (Å²) >= 11 is 2.91. The molecular formula is C39H35BrF6N8O3. The van der Waals surface area contributed by atoms with Gasteiger partial charge in [-0.2, -0.15) is 31.4 Å². The molecule has 57 heavy (non-hydrogen) atoms. The Bertz CT molecular complexity index is 2440. The average Bonchev–Trinajstić information content (AvgIpc) is 3.74. The molecule has 298 valence electrons. The molecule has 1 spiro atoms. The minimum Gasteiger partial charge on any atom is -0.370 e. The Kier molecular flexibility index (Phi) is 9.41. The van der Waals surface area contributed by atoms with Crippen LogP contribution >= 0.6 is 15.9 Å². The summed E-state index contributed by atoms with van der Waals surface area (Å²) in [5.74, 6) is -1.45. The summed E-state index contributed by atoms with van der Waals surface area (Å²) in [5.41, 5.74) is -0.534. The van der Waals surface area contributed by atoms with E-state index in [0.717, 1.165) is 60.9 Å². The van der Waals surface area contributed by atoms with E-state index in [1.807, 2.05) is 12.1 Å². The largest absolute Gasteiger partial charge is 0.435 e. The number of halogens is 7. The van der Waals surface area contributed by atoms with Crippen molar-refractivity contribution < 1.29 is 35.9 Å². The fraction of sp³-hybridized carbons (Fsp3) is 0.333. The molecule has 0 unspecified atom stereocenters. The molecular weight excluding hydrogens is 822 g/mol. The quantitative estimate of drug-likeness (QED) is 0.192. The smallest absolute Gasteiger partial charge is 0.370 e. The van der Waals surface area contributed by atoms with Crippen LogP contribution in [-0.2, 0) is 32.0 Å². The molecule has 3 aliphatic heterocycles. The minimum absolute atomic E-state index is 0.0537. The molecule has 18 heteroatoms. The second-order valence-corrected chi connectivity index (χ2v) is 15.9.